The molecule has 5 heteroatoms. The second kappa shape index (κ2) is 4.82. The van der Waals surface area contributed by atoms with Gasteiger partial charge in [-0.3, -0.25) is 0 Å². The summed E-state index contributed by atoms with van der Waals surface area (Å²) in [6.07, 6.45) is 0.678. The normalized spacial score (nSPS) is 13.2. The predicted octanol–water partition coefficient (Wildman–Crippen LogP) is 2.52. The van der Waals surface area contributed by atoms with E-state index in [0.29, 0.717) is 29.5 Å². The number of benzene rings is 1. The number of rotatable bonds is 4. The molecule has 0 spiro atoms. The van der Waals surface area contributed by atoms with Gasteiger partial charge in [0, 0.05) is 24.8 Å². The zero-order valence-electron chi connectivity index (χ0n) is 8.94. The van der Waals surface area contributed by atoms with Crippen molar-refractivity contribution in [3.8, 4) is 0 Å². The summed E-state index contributed by atoms with van der Waals surface area (Å²) in [6.45, 7) is 0.584. The molecule has 0 radical (unpaired) electrons. The highest BCUT2D eigenvalue weighted by molar-refractivity contribution is 6.31. The van der Waals surface area contributed by atoms with Gasteiger partial charge in [0.15, 0.2) is 5.58 Å². The third-order valence-corrected chi connectivity index (χ3v) is 2.55. The Kier molecular flexibility index (Phi) is 3.43. The van der Waals surface area contributed by atoms with Crippen LogP contribution in [0.5, 0.6) is 0 Å². The molecule has 0 fully saturated rings. The number of nitrogens with two attached hydrogens (primary N) is 1. The fourth-order valence-corrected chi connectivity index (χ4v) is 1.61. The van der Waals surface area contributed by atoms with Gasteiger partial charge in [-0.2, -0.15) is 0 Å². The second-order valence-corrected chi connectivity index (χ2v) is 3.99. The number of hydrogen-bond donors (Lipinski definition) is 1. The van der Waals surface area contributed by atoms with Gasteiger partial charge in [0.25, 0.3) is 0 Å². The molecule has 0 aliphatic rings. The quantitative estimate of drug-likeness (QED) is 0.892. The van der Waals surface area contributed by atoms with Crippen molar-refractivity contribution in [1.82, 2.24) is 4.98 Å². The minimum Gasteiger partial charge on any atom is -0.439 e. The SMILES string of the molecule is COCCC(N)c1nc2ccc(Cl)cc2o1. The summed E-state index contributed by atoms with van der Waals surface area (Å²) in [5.41, 5.74) is 7.35. The first-order chi connectivity index (χ1) is 7.70. The maximum absolute atomic E-state index is 5.91. The Morgan fingerprint density at radius 2 is 2.38 bits per heavy atom. The Bertz CT molecular complexity index is 484. The summed E-state index contributed by atoms with van der Waals surface area (Å²) in [4.78, 5) is 4.30. The Labute approximate surface area is 98.3 Å². The van der Waals surface area contributed by atoms with E-state index >= 15 is 0 Å². The van der Waals surface area contributed by atoms with Gasteiger partial charge >= 0.3 is 0 Å². The molecule has 1 atom stereocenters. The van der Waals surface area contributed by atoms with Crippen molar-refractivity contribution in [2.24, 2.45) is 5.73 Å². The number of fused-ring (bicyclic) bond motifs is 1. The predicted molar refractivity (Wildman–Crippen MR) is 62.4 cm³/mol. The van der Waals surface area contributed by atoms with Crippen LogP contribution in [0.1, 0.15) is 18.4 Å². The Morgan fingerprint density at radius 3 is 3.12 bits per heavy atom. The van der Waals surface area contributed by atoms with Crippen LogP contribution in [-0.2, 0) is 4.74 Å². The molecule has 1 aromatic carbocycles. The third kappa shape index (κ3) is 2.35. The van der Waals surface area contributed by atoms with Crippen molar-refractivity contribution in [3.63, 3.8) is 0 Å². The number of hydrogen-bond acceptors (Lipinski definition) is 4. The maximum atomic E-state index is 5.91. The van der Waals surface area contributed by atoms with Crippen LogP contribution in [0.3, 0.4) is 0 Å². The fraction of sp³-hybridized carbons (Fsp3) is 0.364. The first-order valence-corrected chi connectivity index (χ1v) is 5.39. The van der Waals surface area contributed by atoms with Gasteiger partial charge in [0.1, 0.15) is 5.52 Å². The molecule has 86 valence electrons. The van der Waals surface area contributed by atoms with Crippen molar-refractivity contribution >= 4 is 22.7 Å². The van der Waals surface area contributed by atoms with Crippen molar-refractivity contribution in [1.29, 1.82) is 0 Å². The summed E-state index contributed by atoms with van der Waals surface area (Å²) in [7, 11) is 1.64. The van der Waals surface area contributed by atoms with E-state index in [0.717, 1.165) is 5.52 Å². The first kappa shape index (κ1) is 11.4. The van der Waals surface area contributed by atoms with Crippen LogP contribution in [0.2, 0.25) is 5.02 Å². The standard InChI is InChI=1S/C11H13ClN2O2/c1-15-5-4-8(13)11-14-9-3-2-7(12)6-10(9)16-11/h2-3,6,8H,4-5,13H2,1H3. The molecule has 0 aliphatic carbocycles. The molecule has 1 heterocycles. The molecular weight excluding hydrogens is 228 g/mol. The summed E-state index contributed by atoms with van der Waals surface area (Å²) in [6, 6.07) is 5.08. The van der Waals surface area contributed by atoms with Crippen molar-refractivity contribution in [3.05, 3.63) is 29.1 Å². The highest BCUT2D eigenvalue weighted by Gasteiger charge is 2.13. The molecule has 0 amide bonds. The van der Waals surface area contributed by atoms with Gasteiger partial charge in [-0.1, -0.05) is 11.6 Å². The molecule has 2 N–H and O–H groups in total. The third-order valence-electron chi connectivity index (χ3n) is 2.32. The minimum absolute atomic E-state index is 0.244. The van der Waals surface area contributed by atoms with Crippen LogP contribution in [0, 0.1) is 0 Å². The topological polar surface area (TPSA) is 61.3 Å². The molecule has 1 unspecified atom stereocenters. The average molecular weight is 241 g/mol. The molecular formula is C11H13ClN2O2. The monoisotopic (exact) mass is 240 g/mol. The molecule has 0 saturated heterocycles. The van der Waals surface area contributed by atoms with Gasteiger partial charge in [-0.15, -0.1) is 0 Å². The van der Waals surface area contributed by atoms with E-state index in [4.69, 9.17) is 26.5 Å². The van der Waals surface area contributed by atoms with E-state index < -0.39 is 0 Å². The van der Waals surface area contributed by atoms with Gasteiger partial charge < -0.3 is 14.9 Å². The molecule has 0 aliphatic heterocycles. The summed E-state index contributed by atoms with van der Waals surface area (Å²) in [5, 5.41) is 0.626. The van der Waals surface area contributed by atoms with E-state index in [-0.39, 0.29) is 6.04 Å². The molecule has 0 saturated carbocycles. The molecule has 0 bridgehead atoms. The zero-order valence-corrected chi connectivity index (χ0v) is 9.70. The van der Waals surface area contributed by atoms with Crippen molar-refractivity contribution < 1.29 is 9.15 Å². The van der Waals surface area contributed by atoms with Gasteiger partial charge in [0.05, 0.1) is 6.04 Å². The second-order valence-electron chi connectivity index (χ2n) is 3.55. The molecule has 1 aromatic heterocycles. The average Bonchev–Trinajstić information content (AvgIpc) is 2.68. The van der Waals surface area contributed by atoms with Crippen LogP contribution in [0.4, 0.5) is 0 Å². The van der Waals surface area contributed by atoms with Crippen molar-refractivity contribution in [2.75, 3.05) is 13.7 Å². The number of oxazole rings is 1. The highest BCUT2D eigenvalue weighted by atomic mass is 35.5. The smallest absolute Gasteiger partial charge is 0.212 e. The van der Waals surface area contributed by atoms with Gasteiger partial charge in [-0.05, 0) is 18.6 Å². The Morgan fingerprint density at radius 1 is 1.56 bits per heavy atom. The van der Waals surface area contributed by atoms with E-state index in [1.807, 2.05) is 6.07 Å². The van der Waals surface area contributed by atoms with Crippen LogP contribution < -0.4 is 5.73 Å². The van der Waals surface area contributed by atoms with Crippen LogP contribution in [0.25, 0.3) is 11.1 Å². The van der Waals surface area contributed by atoms with E-state index in [1.165, 1.54) is 0 Å². The maximum Gasteiger partial charge on any atom is 0.212 e. The molecule has 4 nitrogen and oxygen atoms in total. The molecule has 2 rings (SSSR count). The van der Waals surface area contributed by atoms with Gasteiger partial charge in [-0.25, -0.2) is 4.98 Å². The van der Waals surface area contributed by atoms with Gasteiger partial charge in [0.2, 0.25) is 5.89 Å². The summed E-state index contributed by atoms with van der Waals surface area (Å²) in [5.74, 6) is 0.523. The van der Waals surface area contributed by atoms with E-state index in [9.17, 15) is 0 Å². The fourth-order valence-electron chi connectivity index (χ4n) is 1.44. The Balaban J connectivity index is 2.25. The van der Waals surface area contributed by atoms with Crippen LogP contribution in [-0.4, -0.2) is 18.7 Å². The van der Waals surface area contributed by atoms with Crippen LogP contribution in [0.15, 0.2) is 22.6 Å². The lowest BCUT2D eigenvalue weighted by Gasteiger charge is -2.05. The number of methoxy groups -OCH3 is 1. The lowest BCUT2D eigenvalue weighted by atomic mass is 10.2. The number of aromatic nitrogens is 1. The lowest BCUT2D eigenvalue weighted by Crippen LogP contribution is -2.12. The highest BCUT2D eigenvalue weighted by Crippen LogP contribution is 2.23. The lowest BCUT2D eigenvalue weighted by molar-refractivity contribution is 0.184. The minimum atomic E-state index is -0.244. The summed E-state index contributed by atoms with van der Waals surface area (Å²) >= 11 is 5.85. The largest absolute Gasteiger partial charge is 0.439 e. The first-order valence-electron chi connectivity index (χ1n) is 5.01. The van der Waals surface area contributed by atoms with E-state index in [1.54, 1.807) is 19.2 Å². The zero-order chi connectivity index (χ0) is 11.5. The van der Waals surface area contributed by atoms with Crippen LogP contribution >= 0.6 is 11.6 Å². The Hall–Kier alpha value is -1.10. The number of nitrogens with zero attached hydrogens (tertiary/aromatic N) is 1. The van der Waals surface area contributed by atoms with Crippen molar-refractivity contribution in [2.45, 2.75) is 12.5 Å². The number of halogens is 1. The number of ether oxygens (including phenoxy) is 1. The molecule has 16 heavy (non-hydrogen) atoms. The summed E-state index contributed by atoms with van der Waals surface area (Å²) < 4.78 is 10.5. The molecule has 2 aromatic rings. The van der Waals surface area contributed by atoms with E-state index in [2.05, 4.69) is 4.98 Å².